The number of carbonyl (C=O) groups excluding carboxylic acids is 2. The zero-order chi connectivity index (χ0) is 23.2. The number of pyridine rings is 1. The lowest BCUT2D eigenvalue weighted by Crippen LogP contribution is -2.39. The van der Waals surface area contributed by atoms with Gasteiger partial charge in [-0.25, -0.2) is 22.9 Å². The minimum absolute atomic E-state index is 0.0626. The first-order valence-corrected chi connectivity index (χ1v) is 13.2. The van der Waals surface area contributed by atoms with Gasteiger partial charge < -0.3 is 15.8 Å². The third kappa shape index (κ3) is 8.59. The fourth-order valence-electron chi connectivity index (χ4n) is 3.06. The lowest BCUT2D eigenvalue weighted by atomic mass is 9.86. The Morgan fingerprint density at radius 3 is 2.48 bits per heavy atom. The van der Waals surface area contributed by atoms with Crippen LogP contribution in [0.1, 0.15) is 46.5 Å². The number of nitrogens with zero attached hydrogens (tertiary/aromatic N) is 1. The van der Waals surface area contributed by atoms with Gasteiger partial charge in [0.25, 0.3) is 0 Å². The van der Waals surface area contributed by atoms with E-state index >= 15 is 0 Å². The maximum Gasteiger partial charge on any atom is 0.407 e. The van der Waals surface area contributed by atoms with Crippen molar-refractivity contribution in [2.24, 2.45) is 11.7 Å². The molecule has 9 nitrogen and oxygen atoms in total. The van der Waals surface area contributed by atoms with Gasteiger partial charge in [0.05, 0.1) is 4.47 Å². The van der Waals surface area contributed by atoms with Gasteiger partial charge in [-0.15, -0.1) is 11.8 Å². The fraction of sp³-hybridized carbons (Fsp3) is 0.632. The SMILES string of the molecule is CC(C)(C)OC(=O)NCCSc1ncc(S(=O)(=O)NC2CCC(C(N)=O)CC2)cc1Br. The van der Waals surface area contributed by atoms with Crippen LogP contribution in [0.2, 0.25) is 0 Å². The van der Waals surface area contributed by atoms with E-state index in [1.807, 2.05) is 0 Å². The third-order valence-electron chi connectivity index (χ3n) is 4.55. The van der Waals surface area contributed by atoms with Crippen molar-refractivity contribution in [3.05, 3.63) is 16.7 Å². The molecule has 1 saturated carbocycles. The number of halogens is 1. The van der Waals surface area contributed by atoms with Crippen LogP contribution in [0.25, 0.3) is 0 Å². The van der Waals surface area contributed by atoms with E-state index in [4.69, 9.17) is 10.5 Å². The van der Waals surface area contributed by atoms with Crippen LogP contribution in [0.5, 0.6) is 0 Å². The lowest BCUT2D eigenvalue weighted by Gasteiger charge is -2.27. The molecule has 2 rings (SSSR count). The van der Waals surface area contributed by atoms with E-state index in [0.717, 1.165) is 0 Å². The van der Waals surface area contributed by atoms with Gasteiger partial charge in [-0.2, -0.15) is 0 Å². The Labute approximate surface area is 195 Å². The molecule has 1 fully saturated rings. The summed E-state index contributed by atoms with van der Waals surface area (Å²) in [6, 6.07) is 1.28. The van der Waals surface area contributed by atoms with E-state index in [9.17, 15) is 18.0 Å². The van der Waals surface area contributed by atoms with Gasteiger partial charge >= 0.3 is 6.09 Å². The highest BCUT2D eigenvalue weighted by Crippen LogP contribution is 2.29. The van der Waals surface area contributed by atoms with Crippen molar-refractivity contribution in [2.75, 3.05) is 12.3 Å². The molecule has 0 radical (unpaired) electrons. The molecule has 31 heavy (non-hydrogen) atoms. The van der Waals surface area contributed by atoms with Gasteiger partial charge in [-0.05, 0) is 68.5 Å². The van der Waals surface area contributed by atoms with Gasteiger partial charge in [0.2, 0.25) is 15.9 Å². The molecule has 2 amide bonds. The number of aromatic nitrogens is 1. The Kier molecular flexibility index (Phi) is 9.16. The number of alkyl carbamates (subject to hydrolysis) is 1. The number of primary amides is 1. The summed E-state index contributed by atoms with van der Waals surface area (Å²) in [7, 11) is -3.73. The number of ether oxygens (including phenoxy) is 1. The first-order valence-electron chi connectivity index (χ1n) is 9.94. The highest BCUT2D eigenvalue weighted by atomic mass is 79.9. The van der Waals surface area contributed by atoms with Crippen LogP contribution in [0, 0.1) is 5.92 Å². The summed E-state index contributed by atoms with van der Waals surface area (Å²) in [5, 5.41) is 3.28. The molecule has 0 saturated heterocycles. The molecule has 0 atom stereocenters. The van der Waals surface area contributed by atoms with Crippen molar-refractivity contribution in [3.8, 4) is 0 Å². The Hall–Kier alpha value is -1.37. The fourth-order valence-corrected chi connectivity index (χ4v) is 5.90. The molecule has 1 aromatic heterocycles. The number of carbonyl (C=O) groups is 2. The Bertz CT molecular complexity index is 897. The predicted molar refractivity (Wildman–Crippen MR) is 122 cm³/mol. The average molecular weight is 538 g/mol. The van der Waals surface area contributed by atoms with E-state index in [-0.39, 0.29) is 22.8 Å². The average Bonchev–Trinajstić information content (AvgIpc) is 2.65. The van der Waals surface area contributed by atoms with Crippen LogP contribution in [0.3, 0.4) is 0 Å². The highest BCUT2D eigenvalue weighted by Gasteiger charge is 2.28. The zero-order valence-electron chi connectivity index (χ0n) is 17.8. The molecule has 0 unspecified atom stereocenters. The number of sulfonamides is 1. The van der Waals surface area contributed by atoms with Crippen molar-refractivity contribution in [1.82, 2.24) is 15.0 Å². The molecular weight excluding hydrogens is 508 g/mol. The van der Waals surface area contributed by atoms with Crippen LogP contribution in [-0.2, 0) is 19.6 Å². The Morgan fingerprint density at radius 2 is 1.94 bits per heavy atom. The number of nitrogens with one attached hydrogen (secondary N) is 2. The number of hydrogen-bond donors (Lipinski definition) is 3. The van der Waals surface area contributed by atoms with Crippen LogP contribution >= 0.6 is 27.7 Å². The molecule has 12 heteroatoms. The van der Waals surface area contributed by atoms with Crippen LogP contribution in [-0.4, -0.2) is 49.3 Å². The van der Waals surface area contributed by atoms with Gasteiger partial charge in [0, 0.05) is 30.5 Å². The quantitative estimate of drug-likeness (QED) is 0.342. The Balaban J connectivity index is 1.87. The standard InChI is InChI=1S/C19H29BrN4O5S2/c1-19(2,3)29-18(26)22-8-9-30-17-15(20)10-14(11-23-17)31(27,28)24-13-6-4-12(5-7-13)16(21)25/h10-13,24H,4-9H2,1-3H3,(H2,21,25)(H,22,26). The predicted octanol–water partition coefficient (Wildman–Crippen LogP) is 2.78. The Morgan fingerprint density at radius 1 is 1.29 bits per heavy atom. The first-order chi connectivity index (χ1) is 14.4. The van der Waals surface area contributed by atoms with Gasteiger partial charge in [-0.3, -0.25) is 4.79 Å². The monoisotopic (exact) mass is 536 g/mol. The van der Waals surface area contributed by atoms with E-state index in [0.29, 0.717) is 47.5 Å². The number of nitrogens with two attached hydrogens (primary N) is 1. The van der Waals surface area contributed by atoms with Crippen LogP contribution < -0.4 is 15.8 Å². The maximum atomic E-state index is 12.7. The lowest BCUT2D eigenvalue weighted by molar-refractivity contribution is -0.122. The molecule has 1 heterocycles. The van der Waals surface area contributed by atoms with Gasteiger partial charge in [0.1, 0.15) is 15.5 Å². The van der Waals surface area contributed by atoms with Gasteiger partial charge in [-0.1, -0.05) is 0 Å². The minimum atomic E-state index is -3.73. The molecule has 0 aliphatic heterocycles. The maximum absolute atomic E-state index is 12.7. The van der Waals surface area contributed by atoms with Gasteiger partial charge in [0.15, 0.2) is 0 Å². The molecule has 174 valence electrons. The summed E-state index contributed by atoms with van der Waals surface area (Å²) < 4.78 is 33.8. The largest absolute Gasteiger partial charge is 0.444 e. The van der Waals surface area contributed by atoms with Crippen molar-refractivity contribution in [3.63, 3.8) is 0 Å². The second kappa shape index (κ2) is 11.0. The van der Waals surface area contributed by atoms with E-state index in [1.165, 1.54) is 24.0 Å². The third-order valence-corrected chi connectivity index (χ3v) is 7.91. The minimum Gasteiger partial charge on any atom is -0.444 e. The van der Waals surface area contributed by atoms with Crippen molar-refractivity contribution in [1.29, 1.82) is 0 Å². The topological polar surface area (TPSA) is 140 Å². The molecule has 0 spiro atoms. The number of rotatable bonds is 8. The molecule has 4 N–H and O–H groups in total. The second-order valence-corrected chi connectivity index (χ2v) is 12.0. The summed E-state index contributed by atoms with van der Waals surface area (Å²) in [6.45, 7) is 5.75. The van der Waals surface area contributed by atoms with Crippen LogP contribution in [0.4, 0.5) is 4.79 Å². The van der Waals surface area contributed by atoms with Crippen LogP contribution in [0.15, 0.2) is 26.7 Å². The summed E-state index contributed by atoms with van der Waals surface area (Å²) in [5.41, 5.74) is 4.77. The summed E-state index contributed by atoms with van der Waals surface area (Å²) in [5.74, 6) is 0.0275. The van der Waals surface area contributed by atoms with Crippen molar-refractivity contribution in [2.45, 2.75) is 68.0 Å². The number of thioether (sulfide) groups is 1. The van der Waals surface area contributed by atoms with E-state index in [2.05, 4.69) is 31.0 Å². The second-order valence-electron chi connectivity index (χ2n) is 8.31. The highest BCUT2D eigenvalue weighted by molar-refractivity contribution is 9.10. The summed E-state index contributed by atoms with van der Waals surface area (Å²) in [4.78, 5) is 27.2. The molecule has 0 bridgehead atoms. The zero-order valence-corrected chi connectivity index (χ0v) is 21.0. The molecular formula is C19H29BrN4O5S2. The number of hydrogen-bond acceptors (Lipinski definition) is 7. The number of amides is 2. The normalized spacial score (nSPS) is 19.6. The summed E-state index contributed by atoms with van der Waals surface area (Å²) in [6.07, 6.45) is 3.12. The molecule has 1 aromatic rings. The smallest absolute Gasteiger partial charge is 0.407 e. The van der Waals surface area contributed by atoms with E-state index < -0.39 is 21.7 Å². The molecule has 1 aliphatic carbocycles. The first kappa shape index (κ1) is 25.9. The summed E-state index contributed by atoms with van der Waals surface area (Å²) >= 11 is 4.75. The van der Waals surface area contributed by atoms with E-state index in [1.54, 1.807) is 20.8 Å². The molecule has 1 aliphatic rings. The van der Waals surface area contributed by atoms with Crippen molar-refractivity contribution >= 4 is 49.7 Å². The van der Waals surface area contributed by atoms with Crippen molar-refractivity contribution < 1.29 is 22.7 Å². The molecule has 0 aromatic carbocycles.